The predicted molar refractivity (Wildman–Crippen MR) is 179 cm³/mol. The van der Waals surface area contributed by atoms with E-state index in [0.29, 0.717) is 45.4 Å². The molecule has 0 saturated heterocycles. The molecule has 2 atom stereocenters. The number of rotatable bonds is 8. The van der Waals surface area contributed by atoms with E-state index in [1.807, 2.05) is 48.5 Å². The average Bonchev–Trinajstić information content (AvgIpc) is 3.70. The number of halogens is 6. The highest BCUT2D eigenvalue weighted by molar-refractivity contribution is 8.00. The van der Waals surface area contributed by atoms with Crippen LogP contribution in [-0.4, -0.2) is 54.0 Å². The van der Waals surface area contributed by atoms with Crippen molar-refractivity contribution in [2.75, 3.05) is 13.2 Å². The molecule has 0 N–H and O–H groups in total. The number of aromatic nitrogens is 2. The maximum absolute atomic E-state index is 12.6. The lowest BCUT2D eigenvalue weighted by Gasteiger charge is -2.13. The lowest BCUT2D eigenvalue weighted by atomic mass is 10.2. The molecule has 2 aliphatic rings. The summed E-state index contributed by atoms with van der Waals surface area (Å²) in [6.45, 7) is 0.470. The summed E-state index contributed by atoms with van der Waals surface area (Å²) in [5.41, 5.74) is 5.42. The highest BCUT2D eigenvalue weighted by Gasteiger charge is 2.30. The first kappa shape index (κ1) is 36.8. The molecule has 4 heterocycles. The van der Waals surface area contributed by atoms with Gasteiger partial charge < -0.3 is 9.47 Å². The largest absolute Gasteiger partial charge is 0.484 e. The number of para-hydroxylation sites is 2. The molecule has 50 heavy (non-hydrogen) atoms. The molecular weight excluding hydrogens is 707 g/mol. The monoisotopic (exact) mass is 736 g/mol. The molecule has 264 valence electrons. The normalized spacial score (nSPS) is 14.8. The molecule has 0 fully saturated rings. The second kappa shape index (κ2) is 15.6. The first-order chi connectivity index (χ1) is 23.7. The van der Waals surface area contributed by atoms with E-state index in [1.165, 1.54) is 24.5 Å². The number of fused-ring (bicyclic) bond motifs is 2. The van der Waals surface area contributed by atoms with Crippen molar-refractivity contribution in [3.8, 4) is 11.5 Å². The van der Waals surface area contributed by atoms with Gasteiger partial charge in [-0.3, -0.25) is 18.4 Å². The van der Waals surface area contributed by atoms with E-state index < -0.39 is 47.2 Å². The van der Waals surface area contributed by atoms with Crippen molar-refractivity contribution < 1.29 is 44.2 Å². The highest BCUT2D eigenvalue weighted by Crippen LogP contribution is 2.30. The number of hydrogen-bond acceptors (Lipinski definition) is 8. The van der Waals surface area contributed by atoms with Gasteiger partial charge in [0.15, 0.2) is 13.2 Å². The SMILES string of the molecule is Cc1c(OCC(F)(F)F)ccnc1CS(=O)C1=Nc2ccccc2C1.Cc1c(OCC(F)(F)F)ccnc1C[S@@](=O)C1=Nc2ccccc2C1. The Bertz CT molecular complexity index is 1840. The summed E-state index contributed by atoms with van der Waals surface area (Å²) in [5.74, 6) is 0.357. The molecule has 4 aromatic rings. The molecule has 1 unspecified atom stereocenters. The lowest BCUT2D eigenvalue weighted by molar-refractivity contribution is -0.154. The van der Waals surface area contributed by atoms with Crippen molar-refractivity contribution in [1.29, 1.82) is 0 Å². The Labute approximate surface area is 288 Å². The quantitative estimate of drug-likeness (QED) is 0.172. The molecule has 2 aromatic heterocycles. The summed E-state index contributed by atoms with van der Waals surface area (Å²) in [6, 6.07) is 17.8. The van der Waals surface area contributed by atoms with Crippen molar-refractivity contribution in [2.24, 2.45) is 9.98 Å². The Kier molecular flexibility index (Phi) is 11.5. The third-order valence-corrected chi connectivity index (χ3v) is 10.1. The Balaban J connectivity index is 0.000000194. The summed E-state index contributed by atoms with van der Waals surface area (Å²) in [5, 5.41) is 1.09. The number of ether oxygens (including phenoxy) is 2. The Morgan fingerprint density at radius 3 is 1.36 bits per heavy atom. The number of hydrogen-bond donors (Lipinski definition) is 0. The summed E-state index contributed by atoms with van der Waals surface area (Å²) < 4.78 is 109. The maximum Gasteiger partial charge on any atom is 0.422 e. The fraction of sp³-hybridized carbons (Fsp3) is 0.294. The summed E-state index contributed by atoms with van der Waals surface area (Å²) in [4.78, 5) is 17.0. The van der Waals surface area contributed by atoms with Gasteiger partial charge in [0.05, 0.1) is 55.9 Å². The first-order valence-corrected chi connectivity index (χ1v) is 17.7. The van der Waals surface area contributed by atoms with Gasteiger partial charge in [-0.1, -0.05) is 36.4 Å². The van der Waals surface area contributed by atoms with Gasteiger partial charge in [-0.2, -0.15) is 26.3 Å². The van der Waals surface area contributed by atoms with Gasteiger partial charge in [0.2, 0.25) is 0 Å². The Hall–Kier alpha value is -4.44. The fourth-order valence-corrected chi connectivity index (χ4v) is 7.38. The van der Waals surface area contributed by atoms with Crippen LogP contribution in [0.25, 0.3) is 0 Å². The minimum atomic E-state index is -4.41. The second-order valence-corrected chi connectivity index (χ2v) is 14.1. The van der Waals surface area contributed by atoms with Crippen LogP contribution >= 0.6 is 0 Å². The standard InChI is InChI=1S/2C17H15F3N2O2S/c2*1-11-14(21-7-6-15(11)24-10-17(18,19)20)9-25(23)16-8-12-4-2-3-5-13(12)22-16/h2*2-7H,8-10H2,1H3/t25-;/m1./s1. The third kappa shape index (κ3) is 9.84. The van der Waals surface area contributed by atoms with Gasteiger partial charge in [-0.15, -0.1) is 0 Å². The van der Waals surface area contributed by atoms with Gasteiger partial charge in [0, 0.05) is 36.4 Å². The predicted octanol–water partition coefficient (Wildman–Crippen LogP) is 7.73. The molecule has 8 nitrogen and oxygen atoms in total. The van der Waals surface area contributed by atoms with Gasteiger partial charge >= 0.3 is 12.4 Å². The molecule has 2 aliphatic heterocycles. The summed E-state index contributed by atoms with van der Waals surface area (Å²) in [7, 11) is -2.80. The lowest BCUT2D eigenvalue weighted by Crippen LogP contribution is -2.20. The number of aliphatic imine (C=N–C) groups is 2. The molecule has 0 radical (unpaired) electrons. The summed E-state index contributed by atoms with van der Waals surface area (Å²) in [6.07, 6.45) is -5.10. The number of pyridine rings is 2. The van der Waals surface area contributed by atoms with Gasteiger partial charge in [0.1, 0.15) is 21.6 Å². The number of nitrogens with zero attached hydrogens (tertiary/aromatic N) is 4. The second-order valence-electron chi connectivity index (χ2n) is 11.2. The molecule has 0 saturated carbocycles. The van der Waals surface area contributed by atoms with Crippen molar-refractivity contribution in [1.82, 2.24) is 9.97 Å². The van der Waals surface area contributed by atoms with E-state index >= 15 is 0 Å². The van der Waals surface area contributed by atoms with Crippen LogP contribution in [0.5, 0.6) is 11.5 Å². The molecular formula is C34H30F6N4O4S2. The van der Waals surface area contributed by atoms with Gasteiger partial charge in [0.25, 0.3) is 0 Å². The minimum absolute atomic E-state index is 0.0852. The van der Waals surface area contributed by atoms with E-state index in [1.54, 1.807) is 13.8 Å². The average molecular weight is 737 g/mol. The zero-order valence-corrected chi connectivity index (χ0v) is 28.3. The molecule has 6 rings (SSSR count). The third-order valence-electron chi connectivity index (χ3n) is 7.52. The Morgan fingerprint density at radius 1 is 0.620 bits per heavy atom. The topological polar surface area (TPSA) is 103 Å². The Morgan fingerprint density at radius 2 is 1.00 bits per heavy atom. The highest BCUT2D eigenvalue weighted by atomic mass is 32.2. The van der Waals surface area contributed by atoms with E-state index in [4.69, 9.17) is 9.47 Å². The molecule has 16 heteroatoms. The zero-order chi connectivity index (χ0) is 36.1. The van der Waals surface area contributed by atoms with Crippen LogP contribution in [0.15, 0.2) is 83.0 Å². The minimum Gasteiger partial charge on any atom is -0.484 e. The first-order valence-electron chi connectivity index (χ1n) is 15.0. The molecule has 2 aromatic carbocycles. The van der Waals surface area contributed by atoms with E-state index in [0.717, 1.165) is 22.5 Å². The van der Waals surface area contributed by atoms with Crippen LogP contribution in [0.4, 0.5) is 37.7 Å². The van der Waals surface area contributed by atoms with Crippen LogP contribution in [0, 0.1) is 13.8 Å². The molecule has 0 amide bonds. The van der Waals surface area contributed by atoms with Crippen LogP contribution in [0.3, 0.4) is 0 Å². The van der Waals surface area contributed by atoms with Crippen LogP contribution in [0.1, 0.15) is 33.6 Å². The number of benzene rings is 2. The van der Waals surface area contributed by atoms with Crippen LogP contribution in [-0.2, 0) is 45.9 Å². The number of alkyl halides is 6. The molecule has 0 bridgehead atoms. The van der Waals surface area contributed by atoms with Crippen LogP contribution < -0.4 is 9.47 Å². The molecule has 0 aliphatic carbocycles. The van der Waals surface area contributed by atoms with Gasteiger partial charge in [-0.05, 0) is 49.2 Å². The van der Waals surface area contributed by atoms with E-state index in [2.05, 4.69) is 20.0 Å². The van der Waals surface area contributed by atoms with E-state index in [9.17, 15) is 34.8 Å². The molecule has 0 spiro atoms. The maximum atomic E-state index is 12.6. The van der Waals surface area contributed by atoms with Crippen molar-refractivity contribution >= 4 is 43.1 Å². The van der Waals surface area contributed by atoms with Crippen molar-refractivity contribution in [3.63, 3.8) is 0 Å². The van der Waals surface area contributed by atoms with Crippen LogP contribution in [0.2, 0.25) is 0 Å². The fourth-order valence-electron chi connectivity index (χ4n) is 4.93. The van der Waals surface area contributed by atoms with Crippen molar-refractivity contribution in [2.45, 2.75) is 50.5 Å². The smallest absolute Gasteiger partial charge is 0.422 e. The van der Waals surface area contributed by atoms with Gasteiger partial charge in [-0.25, -0.2) is 9.98 Å². The van der Waals surface area contributed by atoms with Crippen molar-refractivity contribution in [3.05, 3.63) is 107 Å². The zero-order valence-electron chi connectivity index (χ0n) is 26.7. The summed E-state index contributed by atoms with van der Waals surface area (Å²) >= 11 is 0. The van der Waals surface area contributed by atoms with E-state index in [-0.39, 0.29) is 23.0 Å².